The first-order chi connectivity index (χ1) is 36.6. The zero-order valence-electron chi connectivity index (χ0n) is 47.2. The Labute approximate surface area is 466 Å². The summed E-state index contributed by atoms with van der Waals surface area (Å²) < 4.78 is 17.6. The maximum absolute atomic E-state index is 14.2. The molecule has 0 radical (unpaired) electrons. The number of hydrogen-bond acceptors (Lipinski definition) is 12. The molecule has 0 saturated heterocycles. The summed E-state index contributed by atoms with van der Waals surface area (Å²) in [5.74, 6) is -4.62. The van der Waals surface area contributed by atoms with Gasteiger partial charge < -0.3 is 0 Å². The summed E-state index contributed by atoms with van der Waals surface area (Å²) in [5, 5.41) is 8.28. The number of nitrogens with two attached hydrogens (primary N) is 6. The van der Waals surface area contributed by atoms with Crippen molar-refractivity contribution in [2.24, 2.45) is 49.4 Å². The van der Waals surface area contributed by atoms with Crippen LogP contribution in [-0.4, -0.2) is 114 Å². The molecule has 0 fully saturated rings. The van der Waals surface area contributed by atoms with E-state index in [1.165, 1.54) is 77.0 Å². The Bertz CT molecular complexity index is 1460. The van der Waals surface area contributed by atoms with Crippen LogP contribution in [0.15, 0.2) is 15.0 Å². The molecular weight excluding hydrogens is 1170 g/mol. The van der Waals surface area contributed by atoms with E-state index in [4.69, 9.17) is 42.8 Å². The van der Waals surface area contributed by atoms with Crippen LogP contribution in [0.25, 0.3) is 0 Å². The van der Waals surface area contributed by atoms with Gasteiger partial charge in [-0.2, -0.15) is 0 Å². The number of rotatable bonds is 51. The van der Waals surface area contributed by atoms with Crippen molar-refractivity contribution in [1.29, 1.82) is 0 Å². The second-order valence-corrected chi connectivity index (χ2v) is 23.8. The average Bonchev–Trinajstić information content (AvgIpc) is 3.37. The molecular formula is C54H105BiN12O9. The molecule has 3 atom stereocenters. The molecule has 0 aliphatic carbocycles. The molecule has 22 heteroatoms. The Balaban J connectivity index is 6.60. The monoisotopic (exact) mass is 1270 g/mol. The molecule has 0 spiro atoms. The third kappa shape index (κ3) is 44.6. The SMILES string of the molecule is CCCCCCCCCCCC(=O)N[C@@H](CCCN=C(N)N)C(=O)[O][Bi]([O]C(=O)[C@H](CCCN=C(N)N)NC(=O)CCCCCCCCCCC)[O]C(=O)[C@H](CCCN=C(N)N)NC(=O)CCCCCCCCCCC. The van der Waals surface area contributed by atoms with Gasteiger partial charge in [0.05, 0.1) is 0 Å². The van der Waals surface area contributed by atoms with Gasteiger partial charge in [-0.25, -0.2) is 0 Å². The third-order valence-electron chi connectivity index (χ3n) is 12.7. The summed E-state index contributed by atoms with van der Waals surface area (Å²) in [6, 6.07) is -3.77. The van der Waals surface area contributed by atoms with E-state index in [1.54, 1.807) is 0 Å². The number of hydrogen-bond donors (Lipinski definition) is 9. The topological polar surface area (TPSA) is 359 Å². The van der Waals surface area contributed by atoms with Crippen molar-refractivity contribution in [2.45, 2.75) is 270 Å². The van der Waals surface area contributed by atoms with Crippen LogP contribution in [0.5, 0.6) is 0 Å². The summed E-state index contributed by atoms with van der Waals surface area (Å²) in [6.45, 7) is 6.96. The molecule has 0 aliphatic rings. The van der Waals surface area contributed by atoms with Crippen molar-refractivity contribution in [2.75, 3.05) is 19.6 Å². The number of carbonyl (C=O) groups is 6. The van der Waals surface area contributed by atoms with E-state index in [1.807, 2.05) is 0 Å². The first-order valence-corrected chi connectivity index (χ1v) is 33.4. The Morgan fingerprint density at radius 1 is 0.342 bits per heavy atom. The minimum absolute atomic E-state index is 0.0310. The van der Waals surface area contributed by atoms with E-state index in [9.17, 15) is 28.8 Å². The van der Waals surface area contributed by atoms with E-state index in [0.717, 1.165) is 77.0 Å². The Morgan fingerprint density at radius 3 is 0.763 bits per heavy atom. The minimum Gasteiger partial charge on any atom is -0.0654 e. The maximum atomic E-state index is 14.2. The summed E-state index contributed by atoms with van der Waals surface area (Å²) >= 11 is -5.12. The zero-order valence-corrected chi connectivity index (χ0v) is 50.7. The van der Waals surface area contributed by atoms with E-state index < -0.39 is 76.8 Å². The Morgan fingerprint density at radius 2 is 0.553 bits per heavy atom. The van der Waals surface area contributed by atoms with Crippen LogP contribution in [0.2, 0.25) is 0 Å². The predicted octanol–water partition coefficient (Wildman–Crippen LogP) is 6.98. The molecule has 15 N–H and O–H groups in total. The van der Waals surface area contributed by atoms with Crippen LogP contribution in [-0.2, 0) is 37.2 Å². The fourth-order valence-corrected chi connectivity index (χ4v) is 11.9. The molecule has 3 amide bonds. The molecule has 0 rings (SSSR count). The van der Waals surface area contributed by atoms with Gasteiger partial charge in [-0.15, -0.1) is 0 Å². The van der Waals surface area contributed by atoms with E-state index in [2.05, 4.69) is 51.7 Å². The molecule has 0 bridgehead atoms. The normalized spacial score (nSPS) is 12.2. The zero-order chi connectivity index (χ0) is 56.4. The number of nitrogens with one attached hydrogen (secondary N) is 3. The smallest absolute Gasteiger partial charge is 0.0654 e. The number of carbonyl (C=O) groups excluding carboxylic acids is 6. The van der Waals surface area contributed by atoms with E-state index >= 15 is 0 Å². The van der Waals surface area contributed by atoms with Gasteiger partial charge in [-0.1, -0.05) is 78.6 Å². The van der Waals surface area contributed by atoms with Gasteiger partial charge in [-0.3, -0.25) is 0 Å². The van der Waals surface area contributed by atoms with Gasteiger partial charge in [0.2, 0.25) is 0 Å². The number of unbranched alkanes of at least 4 members (excludes halogenated alkanes) is 24. The molecule has 76 heavy (non-hydrogen) atoms. The van der Waals surface area contributed by atoms with Crippen molar-refractivity contribution in [3.63, 3.8) is 0 Å². The molecule has 0 heterocycles. The summed E-state index contributed by atoms with van der Waals surface area (Å²) in [4.78, 5) is 94.6. The van der Waals surface area contributed by atoms with Crippen molar-refractivity contribution >= 4 is 76.6 Å². The van der Waals surface area contributed by atoms with Gasteiger partial charge in [0.15, 0.2) is 0 Å². The van der Waals surface area contributed by atoms with Gasteiger partial charge >= 0.3 is 390 Å². The first kappa shape index (κ1) is 71.5. The van der Waals surface area contributed by atoms with Crippen LogP contribution in [0.3, 0.4) is 0 Å². The van der Waals surface area contributed by atoms with Crippen LogP contribution in [0, 0.1) is 0 Å². The first-order valence-electron chi connectivity index (χ1n) is 29.1. The van der Waals surface area contributed by atoms with Gasteiger partial charge in [0.1, 0.15) is 0 Å². The van der Waals surface area contributed by atoms with Gasteiger partial charge in [-0.05, 0) is 0 Å². The Hall–Kier alpha value is -4.49. The van der Waals surface area contributed by atoms with E-state index in [-0.39, 0.29) is 95.3 Å². The molecule has 0 aromatic rings. The molecule has 440 valence electrons. The molecule has 0 aromatic carbocycles. The summed E-state index contributed by atoms with van der Waals surface area (Å²) in [7, 11) is 0. The fraction of sp³-hybridized carbons (Fsp3) is 0.833. The summed E-state index contributed by atoms with van der Waals surface area (Å²) in [6.07, 6.45) is 29.8. The van der Waals surface area contributed by atoms with Crippen LogP contribution < -0.4 is 50.4 Å². The van der Waals surface area contributed by atoms with Crippen molar-refractivity contribution in [3.8, 4) is 0 Å². The number of aliphatic imine (C=N–C) groups is 3. The van der Waals surface area contributed by atoms with Crippen molar-refractivity contribution < 1.29 is 37.2 Å². The van der Waals surface area contributed by atoms with E-state index in [0.29, 0.717) is 19.3 Å². The molecule has 21 nitrogen and oxygen atoms in total. The number of guanidine groups is 3. The second kappa shape index (κ2) is 50.0. The number of amides is 3. The number of nitrogens with zero attached hydrogens (tertiary/aromatic N) is 3. The molecule has 0 saturated carbocycles. The molecule has 0 aliphatic heterocycles. The Kier molecular flexibility index (Phi) is 47.1. The molecule has 0 unspecified atom stereocenters. The summed E-state index contributed by atoms with van der Waals surface area (Å²) in [5.41, 5.74) is 33.3. The quantitative estimate of drug-likeness (QED) is 0.0128. The third-order valence-corrected chi connectivity index (χ3v) is 16.5. The van der Waals surface area contributed by atoms with Gasteiger partial charge in [0.25, 0.3) is 0 Å². The minimum atomic E-state index is -5.12. The fourth-order valence-electron chi connectivity index (χ4n) is 8.31. The van der Waals surface area contributed by atoms with Crippen molar-refractivity contribution in [3.05, 3.63) is 0 Å². The standard InChI is InChI=1S/3C18H36N4O3.Bi/c3*1-2-3-4-5-6-7-8-9-10-13-16(23)22-15(17(24)25)12-11-14-21-18(19)20;/h3*15H,2-14H2,1H3,(H,22,23)(H,24,25)(H4,19,20,21);/q;;;+3/p-3/t3*15-;/m000./s1. The molecule has 0 aromatic heterocycles. The van der Waals surface area contributed by atoms with Crippen LogP contribution in [0.1, 0.15) is 252 Å². The average molecular weight is 1280 g/mol. The predicted molar refractivity (Wildman–Crippen MR) is 305 cm³/mol. The van der Waals surface area contributed by atoms with Crippen molar-refractivity contribution in [1.82, 2.24) is 16.0 Å². The van der Waals surface area contributed by atoms with Gasteiger partial charge in [0, 0.05) is 0 Å². The second-order valence-electron chi connectivity index (χ2n) is 19.9. The van der Waals surface area contributed by atoms with Crippen LogP contribution in [0.4, 0.5) is 0 Å². The van der Waals surface area contributed by atoms with Crippen LogP contribution >= 0.6 is 0 Å².